The number of benzene rings is 2. The lowest BCUT2D eigenvalue weighted by Gasteiger charge is -2.31. The van der Waals surface area contributed by atoms with Gasteiger partial charge < -0.3 is 10.6 Å². The molecule has 4 heteroatoms. The van der Waals surface area contributed by atoms with Crippen molar-refractivity contribution in [2.45, 2.75) is 18.4 Å². The van der Waals surface area contributed by atoms with Gasteiger partial charge in [-0.25, -0.2) is 0 Å². The van der Waals surface area contributed by atoms with Crippen LogP contribution in [0.3, 0.4) is 0 Å². The zero-order valence-corrected chi connectivity index (χ0v) is 13.0. The van der Waals surface area contributed by atoms with Gasteiger partial charge in [0, 0.05) is 34.4 Å². The van der Waals surface area contributed by atoms with Crippen LogP contribution < -0.4 is 10.6 Å². The highest BCUT2D eigenvalue weighted by molar-refractivity contribution is 7.99. The fraction of sp³-hybridized carbons (Fsp3) is 0.250. The summed E-state index contributed by atoms with van der Waals surface area (Å²) in [6, 6.07) is 12.4. The molecule has 2 aromatic carbocycles. The average Bonchev–Trinajstić information content (AvgIpc) is 2.42. The molecule has 2 aromatic rings. The van der Waals surface area contributed by atoms with Crippen molar-refractivity contribution in [1.29, 1.82) is 0 Å². The number of nitrogen functional groups attached to an aromatic ring is 1. The standard InChI is InChI=1S/C16H17ClN2S/c1-11-2-3-12(14(17)8-11)10-19-6-7-20-16-5-4-13(18)9-15(16)19/h2-5,8-9H,6-7,10,18H2,1H3. The largest absolute Gasteiger partial charge is 0.399 e. The summed E-state index contributed by atoms with van der Waals surface area (Å²) in [7, 11) is 0. The first kappa shape index (κ1) is 13.7. The summed E-state index contributed by atoms with van der Waals surface area (Å²) < 4.78 is 0. The quantitative estimate of drug-likeness (QED) is 0.837. The molecule has 0 aromatic heterocycles. The van der Waals surface area contributed by atoms with Gasteiger partial charge in [0.1, 0.15) is 0 Å². The van der Waals surface area contributed by atoms with Crippen LogP contribution >= 0.6 is 23.4 Å². The Morgan fingerprint density at radius 1 is 1.25 bits per heavy atom. The molecule has 0 fully saturated rings. The Morgan fingerprint density at radius 2 is 2.10 bits per heavy atom. The Hall–Kier alpha value is -1.32. The lowest BCUT2D eigenvalue weighted by molar-refractivity contribution is 0.817. The molecular weight excluding hydrogens is 288 g/mol. The monoisotopic (exact) mass is 304 g/mol. The van der Waals surface area contributed by atoms with Crippen LogP contribution in [0.4, 0.5) is 11.4 Å². The molecule has 3 rings (SSSR count). The summed E-state index contributed by atoms with van der Waals surface area (Å²) in [5.41, 5.74) is 10.3. The van der Waals surface area contributed by atoms with Crippen molar-refractivity contribution in [3.05, 3.63) is 52.5 Å². The molecule has 104 valence electrons. The van der Waals surface area contributed by atoms with Crippen molar-refractivity contribution in [2.75, 3.05) is 22.9 Å². The van der Waals surface area contributed by atoms with Crippen LogP contribution in [0.25, 0.3) is 0 Å². The second-order valence-electron chi connectivity index (χ2n) is 5.09. The lowest BCUT2D eigenvalue weighted by atomic mass is 10.1. The van der Waals surface area contributed by atoms with E-state index in [9.17, 15) is 0 Å². The van der Waals surface area contributed by atoms with Gasteiger partial charge in [-0.3, -0.25) is 0 Å². The number of anilines is 2. The van der Waals surface area contributed by atoms with Crippen LogP contribution in [-0.4, -0.2) is 12.3 Å². The average molecular weight is 305 g/mol. The highest BCUT2D eigenvalue weighted by atomic mass is 35.5. The fourth-order valence-corrected chi connectivity index (χ4v) is 3.77. The fourth-order valence-electron chi connectivity index (χ4n) is 2.44. The van der Waals surface area contributed by atoms with Crippen molar-refractivity contribution >= 4 is 34.7 Å². The van der Waals surface area contributed by atoms with Crippen LogP contribution in [0.5, 0.6) is 0 Å². The van der Waals surface area contributed by atoms with Crippen LogP contribution in [-0.2, 0) is 6.54 Å². The van der Waals surface area contributed by atoms with Crippen molar-refractivity contribution in [3.63, 3.8) is 0 Å². The maximum absolute atomic E-state index is 6.35. The van der Waals surface area contributed by atoms with Gasteiger partial charge in [0.2, 0.25) is 0 Å². The molecule has 0 radical (unpaired) electrons. The zero-order chi connectivity index (χ0) is 14.1. The first-order chi connectivity index (χ1) is 9.63. The van der Waals surface area contributed by atoms with Crippen molar-refractivity contribution in [3.8, 4) is 0 Å². The SMILES string of the molecule is Cc1ccc(CN2CCSc3ccc(N)cc32)c(Cl)c1. The molecule has 2 nitrogen and oxygen atoms in total. The van der Waals surface area contributed by atoms with Crippen molar-refractivity contribution < 1.29 is 0 Å². The van der Waals surface area contributed by atoms with E-state index in [0.717, 1.165) is 35.1 Å². The van der Waals surface area contributed by atoms with Crippen molar-refractivity contribution in [2.24, 2.45) is 0 Å². The minimum absolute atomic E-state index is 0.811. The van der Waals surface area contributed by atoms with Gasteiger partial charge in [-0.15, -0.1) is 11.8 Å². The van der Waals surface area contributed by atoms with E-state index >= 15 is 0 Å². The topological polar surface area (TPSA) is 29.3 Å². The van der Waals surface area contributed by atoms with Gasteiger partial charge in [0.05, 0.1) is 5.69 Å². The van der Waals surface area contributed by atoms with E-state index in [1.165, 1.54) is 16.1 Å². The molecule has 0 unspecified atom stereocenters. The molecule has 1 heterocycles. The van der Waals surface area contributed by atoms with Gasteiger partial charge in [-0.05, 0) is 42.3 Å². The molecule has 0 aliphatic carbocycles. The molecule has 1 aliphatic rings. The van der Waals surface area contributed by atoms with E-state index in [1.807, 2.05) is 23.9 Å². The minimum Gasteiger partial charge on any atom is -0.399 e. The predicted octanol–water partition coefficient (Wildman–Crippen LogP) is 4.34. The number of aryl methyl sites for hydroxylation is 1. The summed E-state index contributed by atoms with van der Waals surface area (Å²) in [5.74, 6) is 1.10. The third kappa shape index (κ3) is 2.74. The Morgan fingerprint density at radius 3 is 2.90 bits per heavy atom. The van der Waals surface area contributed by atoms with Crippen LogP contribution in [0.1, 0.15) is 11.1 Å². The summed E-state index contributed by atoms with van der Waals surface area (Å²) in [4.78, 5) is 3.66. The Labute approximate surface area is 128 Å². The maximum Gasteiger partial charge on any atom is 0.0528 e. The minimum atomic E-state index is 0.811. The molecule has 20 heavy (non-hydrogen) atoms. The van der Waals surface area contributed by atoms with Crippen LogP contribution in [0.15, 0.2) is 41.3 Å². The van der Waals surface area contributed by atoms with E-state index in [1.54, 1.807) is 0 Å². The second kappa shape index (κ2) is 5.58. The number of nitrogens with zero attached hydrogens (tertiary/aromatic N) is 1. The first-order valence-corrected chi connectivity index (χ1v) is 8.02. The number of nitrogens with two attached hydrogens (primary N) is 1. The zero-order valence-electron chi connectivity index (χ0n) is 11.4. The first-order valence-electron chi connectivity index (χ1n) is 6.66. The smallest absolute Gasteiger partial charge is 0.0528 e. The second-order valence-corrected chi connectivity index (χ2v) is 6.64. The summed E-state index contributed by atoms with van der Waals surface area (Å²) in [5, 5.41) is 0.841. The third-order valence-corrected chi connectivity index (χ3v) is 4.91. The lowest BCUT2D eigenvalue weighted by Crippen LogP contribution is -2.28. The number of rotatable bonds is 2. The van der Waals surface area contributed by atoms with E-state index in [0.29, 0.717) is 0 Å². The highest BCUT2D eigenvalue weighted by Gasteiger charge is 2.18. The molecule has 0 saturated carbocycles. The maximum atomic E-state index is 6.35. The Bertz CT molecular complexity index is 642. The number of hydrogen-bond acceptors (Lipinski definition) is 3. The van der Waals surface area contributed by atoms with Crippen LogP contribution in [0, 0.1) is 6.92 Å². The highest BCUT2D eigenvalue weighted by Crippen LogP contribution is 2.37. The van der Waals surface area contributed by atoms with E-state index in [-0.39, 0.29) is 0 Å². The van der Waals surface area contributed by atoms with Gasteiger partial charge in [0.15, 0.2) is 0 Å². The van der Waals surface area contributed by atoms with Gasteiger partial charge in [-0.1, -0.05) is 23.7 Å². The van der Waals surface area contributed by atoms with E-state index in [2.05, 4.69) is 36.1 Å². The van der Waals surface area contributed by atoms with Gasteiger partial charge in [-0.2, -0.15) is 0 Å². The molecular formula is C16H17ClN2S. The van der Waals surface area contributed by atoms with Crippen molar-refractivity contribution in [1.82, 2.24) is 0 Å². The van der Waals surface area contributed by atoms with E-state index in [4.69, 9.17) is 17.3 Å². The number of halogens is 1. The molecule has 0 atom stereocenters. The molecule has 0 saturated heterocycles. The van der Waals surface area contributed by atoms with Gasteiger partial charge >= 0.3 is 0 Å². The number of hydrogen-bond donors (Lipinski definition) is 1. The molecule has 2 N–H and O–H groups in total. The summed E-state index contributed by atoms with van der Waals surface area (Å²) in [6.45, 7) is 3.91. The Kier molecular flexibility index (Phi) is 3.81. The number of thioether (sulfide) groups is 1. The Balaban J connectivity index is 1.91. The molecule has 0 amide bonds. The van der Waals surface area contributed by atoms with Crippen LogP contribution in [0.2, 0.25) is 5.02 Å². The molecule has 0 bridgehead atoms. The van der Waals surface area contributed by atoms with E-state index < -0.39 is 0 Å². The summed E-state index contributed by atoms with van der Waals surface area (Å²) >= 11 is 8.24. The number of fused-ring (bicyclic) bond motifs is 1. The molecule has 0 spiro atoms. The van der Waals surface area contributed by atoms with Gasteiger partial charge in [0.25, 0.3) is 0 Å². The third-order valence-electron chi connectivity index (χ3n) is 3.51. The normalized spacial score (nSPS) is 14.2. The predicted molar refractivity (Wildman–Crippen MR) is 88.8 cm³/mol. The molecule has 1 aliphatic heterocycles. The summed E-state index contributed by atoms with van der Waals surface area (Å²) in [6.07, 6.45) is 0.